The fourth-order valence-corrected chi connectivity index (χ4v) is 5.69. The molecule has 4 rings (SSSR count). The number of methoxy groups -OCH3 is 1. The van der Waals surface area contributed by atoms with E-state index in [1.807, 2.05) is 0 Å². The maximum atomic E-state index is 14.0. The van der Waals surface area contributed by atoms with Gasteiger partial charge in [0, 0.05) is 12.4 Å². The number of carbonyl (C=O) groups is 1. The summed E-state index contributed by atoms with van der Waals surface area (Å²) in [5.41, 5.74) is 4.78. The average Bonchev–Trinajstić information content (AvgIpc) is 2.96. The minimum atomic E-state index is -4.20. The maximum Gasteiger partial charge on any atom is 0.276 e. The summed E-state index contributed by atoms with van der Waals surface area (Å²) in [4.78, 5) is 17.0. The van der Waals surface area contributed by atoms with E-state index in [2.05, 4.69) is 10.1 Å². The monoisotopic (exact) mass is 546 g/mol. The molecule has 1 aromatic heterocycles. The summed E-state index contributed by atoms with van der Waals surface area (Å²) in [6, 6.07) is 19.6. The number of ether oxygens (including phenoxy) is 1. The molecule has 4 aromatic rings. The standard InChI is InChI=1S/C28H26N4O6S/c1-19-14-23(22-7-5-20(6-8-22)17-30-34)15-26(28(33)31-35)27(19)32(18-21-4-3-13-29-16-21)39(36,37)25-11-9-24(38-2)10-12-25/h3-17,34-35H,18H2,1-2H3,(H,31,33). The Morgan fingerprint density at radius 2 is 1.79 bits per heavy atom. The highest BCUT2D eigenvalue weighted by Crippen LogP contribution is 2.36. The van der Waals surface area contributed by atoms with Crippen molar-refractivity contribution in [3.63, 3.8) is 0 Å². The Kier molecular flexibility index (Phi) is 8.23. The molecule has 0 fully saturated rings. The molecule has 0 unspecified atom stereocenters. The predicted molar refractivity (Wildman–Crippen MR) is 146 cm³/mol. The smallest absolute Gasteiger partial charge is 0.276 e. The summed E-state index contributed by atoms with van der Waals surface area (Å²) < 4.78 is 34.4. The molecule has 0 aliphatic carbocycles. The van der Waals surface area contributed by atoms with Crippen LogP contribution in [0.3, 0.4) is 0 Å². The van der Waals surface area contributed by atoms with Gasteiger partial charge in [0.2, 0.25) is 0 Å². The van der Waals surface area contributed by atoms with Crippen LogP contribution in [0.15, 0.2) is 95.2 Å². The van der Waals surface area contributed by atoms with E-state index in [1.54, 1.807) is 67.3 Å². The van der Waals surface area contributed by atoms with Gasteiger partial charge in [0.1, 0.15) is 5.75 Å². The van der Waals surface area contributed by atoms with E-state index in [0.29, 0.717) is 28.0 Å². The molecule has 10 nitrogen and oxygen atoms in total. The number of benzene rings is 3. The summed E-state index contributed by atoms with van der Waals surface area (Å²) >= 11 is 0. The van der Waals surface area contributed by atoms with E-state index in [-0.39, 0.29) is 22.7 Å². The Hall–Kier alpha value is -4.74. The van der Waals surface area contributed by atoms with Crippen LogP contribution in [0, 0.1) is 6.92 Å². The van der Waals surface area contributed by atoms with Crippen molar-refractivity contribution in [1.82, 2.24) is 10.5 Å². The number of oxime groups is 1. The van der Waals surface area contributed by atoms with Crippen molar-refractivity contribution in [3.05, 3.63) is 107 Å². The Morgan fingerprint density at radius 1 is 1.08 bits per heavy atom. The molecule has 0 atom stereocenters. The molecule has 0 radical (unpaired) electrons. The number of pyridine rings is 1. The third kappa shape index (κ3) is 5.89. The van der Waals surface area contributed by atoms with Crippen LogP contribution < -0.4 is 14.5 Å². The minimum Gasteiger partial charge on any atom is -0.497 e. The summed E-state index contributed by atoms with van der Waals surface area (Å²) in [6.07, 6.45) is 4.40. The van der Waals surface area contributed by atoms with Crippen molar-refractivity contribution in [2.75, 3.05) is 11.4 Å². The molecule has 11 heteroatoms. The number of sulfonamides is 1. The molecule has 0 saturated carbocycles. The third-order valence-corrected chi connectivity index (χ3v) is 7.80. The van der Waals surface area contributed by atoms with E-state index < -0.39 is 15.9 Å². The number of carbonyl (C=O) groups excluding carboxylic acids is 1. The number of rotatable bonds is 9. The van der Waals surface area contributed by atoms with Gasteiger partial charge in [-0.05, 0) is 77.2 Å². The lowest BCUT2D eigenvalue weighted by Gasteiger charge is -2.28. The van der Waals surface area contributed by atoms with Crippen molar-refractivity contribution in [1.29, 1.82) is 0 Å². The van der Waals surface area contributed by atoms with Gasteiger partial charge in [-0.3, -0.25) is 19.3 Å². The highest BCUT2D eigenvalue weighted by Gasteiger charge is 2.31. The lowest BCUT2D eigenvalue weighted by molar-refractivity contribution is 0.0707. The van der Waals surface area contributed by atoms with Crippen LogP contribution in [0.5, 0.6) is 5.75 Å². The fraction of sp³-hybridized carbons (Fsp3) is 0.107. The van der Waals surface area contributed by atoms with E-state index >= 15 is 0 Å². The van der Waals surface area contributed by atoms with Crippen molar-refractivity contribution in [3.8, 4) is 16.9 Å². The van der Waals surface area contributed by atoms with Gasteiger partial charge in [-0.2, -0.15) is 0 Å². The van der Waals surface area contributed by atoms with Crippen molar-refractivity contribution >= 4 is 27.8 Å². The van der Waals surface area contributed by atoms with Gasteiger partial charge in [-0.1, -0.05) is 35.5 Å². The minimum absolute atomic E-state index is 0.00726. The van der Waals surface area contributed by atoms with Crippen LogP contribution in [-0.2, 0) is 16.6 Å². The largest absolute Gasteiger partial charge is 0.497 e. The molecule has 0 spiro atoms. The molecule has 0 saturated heterocycles. The number of hydroxylamine groups is 1. The number of hydrogen-bond donors (Lipinski definition) is 3. The molecular weight excluding hydrogens is 520 g/mol. The van der Waals surface area contributed by atoms with Gasteiger partial charge in [-0.25, -0.2) is 13.9 Å². The van der Waals surface area contributed by atoms with E-state index in [9.17, 15) is 18.4 Å². The molecule has 1 amide bonds. The van der Waals surface area contributed by atoms with Crippen LogP contribution in [0.4, 0.5) is 5.69 Å². The highest BCUT2D eigenvalue weighted by atomic mass is 32.2. The van der Waals surface area contributed by atoms with Crippen LogP contribution >= 0.6 is 0 Å². The van der Waals surface area contributed by atoms with Gasteiger partial charge in [0.05, 0.1) is 36.0 Å². The zero-order chi connectivity index (χ0) is 28.0. The number of anilines is 1. The van der Waals surface area contributed by atoms with E-state index in [0.717, 1.165) is 9.87 Å². The Labute approximate surface area is 225 Å². The maximum absolute atomic E-state index is 14.0. The fourth-order valence-electron chi connectivity index (χ4n) is 4.16. The summed E-state index contributed by atoms with van der Waals surface area (Å²) in [7, 11) is -2.72. The van der Waals surface area contributed by atoms with Crippen LogP contribution in [-0.4, -0.2) is 43.0 Å². The molecule has 3 aromatic carbocycles. The molecule has 39 heavy (non-hydrogen) atoms. The summed E-state index contributed by atoms with van der Waals surface area (Å²) in [5, 5.41) is 21.4. The number of amides is 1. The SMILES string of the molecule is COc1ccc(S(=O)(=O)N(Cc2cccnc2)c2c(C)cc(-c3ccc(C=NO)cc3)cc2C(=O)NO)cc1. The van der Waals surface area contributed by atoms with Crippen LogP contribution in [0.1, 0.15) is 27.0 Å². The number of nitrogens with one attached hydrogen (secondary N) is 1. The number of aryl methyl sites for hydroxylation is 1. The van der Waals surface area contributed by atoms with Crippen molar-refractivity contribution in [2.45, 2.75) is 18.4 Å². The first-order valence-corrected chi connectivity index (χ1v) is 13.1. The van der Waals surface area contributed by atoms with Crippen molar-refractivity contribution in [2.24, 2.45) is 5.16 Å². The Bertz CT molecular complexity index is 1590. The van der Waals surface area contributed by atoms with Gasteiger partial charge in [-0.15, -0.1) is 0 Å². The number of aromatic nitrogens is 1. The predicted octanol–water partition coefficient (Wildman–Crippen LogP) is 4.39. The molecule has 200 valence electrons. The normalized spacial score (nSPS) is 11.4. The molecule has 1 heterocycles. The van der Waals surface area contributed by atoms with Gasteiger partial charge in [0.15, 0.2) is 0 Å². The lowest BCUT2D eigenvalue weighted by atomic mass is 9.97. The molecule has 0 aliphatic rings. The van der Waals surface area contributed by atoms with Gasteiger partial charge in [0.25, 0.3) is 15.9 Å². The first-order valence-electron chi connectivity index (χ1n) is 11.7. The first kappa shape index (κ1) is 27.3. The van der Waals surface area contributed by atoms with Gasteiger partial charge < -0.3 is 9.94 Å². The molecule has 0 bridgehead atoms. The second-order valence-electron chi connectivity index (χ2n) is 8.55. The third-order valence-electron chi connectivity index (χ3n) is 6.04. The van der Waals surface area contributed by atoms with Gasteiger partial charge >= 0.3 is 0 Å². The lowest BCUT2D eigenvalue weighted by Crippen LogP contribution is -2.34. The Balaban J connectivity index is 1.91. The summed E-state index contributed by atoms with van der Waals surface area (Å²) in [6.45, 7) is 1.57. The quantitative estimate of drug-likeness (QED) is 0.122. The summed E-state index contributed by atoms with van der Waals surface area (Å²) in [5.74, 6) is -0.384. The van der Waals surface area contributed by atoms with Crippen LogP contribution in [0.25, 0.3) is 11.1 Å². The topological polar surface area (TPSA) is 141 Å². The zero-order valence-corrected chi connectivity index (χ0v) is 22.0. The Morgan fingerprint density at radius 3 is 2.38 bits per heavy atom. The second-order valence-corrected chi connectivity index (χ2v) is 10.4. The highest BCUT2D eigenvalue weighted by molar-refractivity contribution is 7.92. The number of hydrogen-bond acceptors (Lipinski definition) is 8. The molecule has 3 N–H and O–H groups in total. The number of nitrogens with zero attached hydrogens (tertiary/aromatic N) is 3. The second kappa shape index (κ2) is 11.8. The zero-order valence-electron chi connectivity index (χ0n) is 21.1. The molecular formula is C28H26N4O6S. The average molecular weight is 547 g/mol. The van der Waals surface area contributed by atoms with E-state index in [1.165, 1.54) is 43.7 Å². The molecule has 0 aliphatic heterocycles. The van der Waals surface area contributed by atoms with Crippen molar-refractivity contribution < 1.29 is 28.4 Å². The van der Waals surface area contributed by atoms with Crippen LogP contribution in [0.2, 0.25) is 0 Å². The first-order chi connectivity index (χ1) is 18.8. The van der Waals surface area contributed by atoms with E-state index in [4.69, 9.17) is 9.94 Å².